The minimum absolute atomic E-state index is 0.00289. The molecular weight excluding hydrogens is 543 g/mol. The Morgan fingerprint density at radius 1 is 1.10 bits per heavy atom. The van der Waals surface area contributed by atoms with Gasteiger partial charge in [-0.05, 0) is 62.9 Å². The molecule has 1 aliphatic carbocycles. The number of nitrogens with zero attached hydrogens (tertiary/aromatic N) is 5. The van der Waals surface area contributed by atoms with E-state index in [0.717, 1.165) is 49.0 Å². The number of halogens is 3. The van der Waals surface area contributed by atoms with Crippen molar-refractivity contribution >= 4 is 16.8 Å². The highest BCUT2D eigenvalue weighted by molar-refractivity contribution is 6.05. The van der Waals surface area contributed by atoms with E-state index in [0.29, 0.717) is 37.2 Å². The number of aromatic nitrogens is 2. The Labute approximate surface area is 244 Å². The number of rotatable bonds is 5. The lowest BCUT2D eigenvalue weighted by Crippen LogP contribution is -2.62. The van der Waals surface area contributed by atoms with Crippen molar-refractivity contribution in [2.75, 3.05) is 39.3 Å². The van der Waals surface area contributed by atoms with Gasteiger partial charge in [0, 0.05) is 62.7 Å². The largest absolute Gasteiger partial charge is 0.416 e. The second kappa shape index (κ2) is 11.2. The van der Waals surface area contributed by atoms with Crippen molar-refractivity contribution in [3.63, 3.8) is 0 Å². The van der Waals surface area contributed by atoms with E-state index in [9.17, 15) is 18.0 Å². The summed E-state index contributed by atoms with van der Waals surface area (Å²) >= 11 is 0. The first kappa shape index (κ1) is 29.0. The smallest absolute Gasteiger partial charge is 0.376 e. The molecule has 0 radical (unpaired) electrons. The molecule has 1 aromatic heterocycles. The van der Waals surface area contributed by atoms with Crippen LogP contribution in [-0.2, 0) is 17.3 Å². The quantitative estimate of drug-likeness (QED) is 0.405. The molecule has 3 atom stereocenters. The van der Waals surface area contributed by atoms with Gasteiger partial charge in [-0.2, -0.15) is 23.4 Å². The molecule has 42 heavy (non-hydrogen) atoms. The summed E-state index contributed by atoms with van der Waals surface area (Å²) in [7, 11) is 0. The van der Waals surface area contributed by atoms with E-state index < -0.39 is 11.7 Å². The van der Waals surface area contributed by atoms with Gasteiger partial charge in [0.1, 0.15) is 0 Å². The highest BCUT2D eigenvalue weighted by Gasteiger charge is 2.45. The predicted octanol–water partition coefficient (Wildman–Crippen LogP) is 5.35. The number of piperidine rings is 1. The zero-order valence-electron chi connectivity index (χ0n) is 24.4. The number of carbonyl (C=O) groups excluding carboxylic acids is 1. The zero-order valence-corrected chi connectivity index (χ0v) is 24.4. The van der Waals surface area contributed by atoms with Gasteiger partial charge in [0.05, 0.1) is 35.0 Å². The van der Waals surface area contributed by atoms with Crippen molar-refractivity contribution in [1.82, 2.24) is 24.9 Å². The first-order valence-electron chi connectivity index (χ1n) is 14.9. The normalized spacial score (nSPS) is 25.1. The average molecular weight is 582 g/mol. The summed E-state index contributed by atoms with van der Waals surface area (Å²) in [5.41, 5.74) is 2.37. The number of amides is 1. The van der Waals surface area contributed by atoms with Gasteiger partial charge in [-0.15, -0.1) is 0 Å². The van der Waals surface area contributed by atoms with Crippen LogP contribution in [0.4, 0.5) is 13.2 Å². The molecule has 224 valence electrons. The van der Waals surface area contributed by atoms with Crippen molar-refractivity contribution in [3.8, 4) is 0 Å². The number of hydrogen-bond acceptors (Lipinski definition) is 6. The van der Waals surface area contributed by atoms with Gasteiger partial charge >= 0.3 is 6.18 Å². The minimum atomic E-state index is -4.36. The van der Waals surface area contributed by atoms with E-state index in [1.165, 1.54) is 12.1 Å². The molecule has 0 spiro atoms. The number of benzene rings is 2. The molecule has 10 heteroatoms. The molecule has 2 fully saturated rings. The van der Waals surface area contributed by atoms with Crippen LogP contribution in [0.3, 0.4) is 0 Å². The average Bonchev–Trinajstić information content (AvgIpc) is 3.33. The van der Waals surface area contributed by atoms with Gasteiger partial charge in [-0.25, -0.2) is 0 Å². The molecule has 0 saturated carbocycles. The van der Waals surface area contributed by atoms with E-state index in [1.54, 1.807) is 12.3 Å². The van der Waals surface area contributed by atoms with Crippen molar-refractivity contribution < 1.29 is 22.7 Å². The summed E-state index contributed by atoms with van der Waals surface area (Å²) in [4.78, 5) is 20.4. The van der Waals surface area contributed by atoms with Crippen LogP contribution >= 0.6 is 0 Å². The van der Waals surface area contributed by atoms with Crippen LogP contribution in [0.5, 0.6) is 0 Å². The summed E-state index contributed by atoms with van der Waals surface area (Å²) in [5, 5.41) is 9.03. The van der Waals surface area contributed by atoms with Crippen LogP contribution < -0.4 is 0 Å². The van der Waals surface area contributed by atoms with Crippen molar-refractivity contribution in [1.29, 1.82) is 0 Å². The van der Waals surface area contributed by atoms with Crippen molar-refractivity contribution in [2.45, 2.75) is 69.9 Å². The van der Waals surface area contributed by atoms with Crippen LogP contribution in [0.1, 0.15) is 66.7 Å². The Morgan fingerprint density at radius 2 is 1.86 bits per heavy atom. The second-order valence-corrected chi connectivity index (χ2v) is 12.2. The standard InChI is InChI=1S/C32H38F3N5O2/c1-4-42-28-18-22-17-23(32(33,34)35)9-10-24(22)29(28)40-16-15-39(20-21(40)2)31(3)11-13-38(14-12-31)30(41)26-19-36-37-27-8-6-5-7-25(26)27/h5-10,17,19,21,28-29H,4,11-16,18,20H2,1-3H3/t21?,28?,29-/m1/s1. The number of carbonyl (C=O) groups is 1. The number of fused-ring (bicyclic) bond motifs is 2. The third-order valence-corrected chi connectivity index (χ3v) is 9.65. The monoisotopic (exact) mass is 581 g/mol. The van der Waals surface area contributed by atoms with E-state index in [1.807, 2.05) is 36.1 Å². The van der Waals surface area contributed by atoms with Gasteiger partial charge in [-0.3, -0.25) is 14.6 Å². The van der Waals surface area contributed by atoms with Crippen molar-refractivity contribution in [3.05, 3.63) is 70.9 Å². The molecule has 3 aromatic rings. The maximum atomic E-state index is 13.5. The lowest BCUT2D eigenvalue weighted by Gasteiger charge is -2.53. The molecule has 0 N–H and O–H groups in total. The molecule has 0 bridgehead atoms. The molecule has 3 heterocycles. The first-order valence-corrected chi connectivity index (χ1v) is 14.9. The zero-order chi connectivity index (χ0) is 29.6. The molecule has 3 aliphatic rings. The molecule has 7 nitrogen and oxygen atoms in total. The molecular formula is C32H38F3N5O2. The van der Waals surface area contributed by atoms with Gasteiger partial charge in [-0.1, -0.05) is 24.3 Å². The third-order valence-electron chi connectivity index (χ3n) is 9.65. The maximum Gasteiger partial charge on any atom is 0.416 e. The number of ether oxygens (including phenoxy) is 1. The summed E-state index contributed by atoms with van der Waals surface area (Å²) in [6, 6.07) is 11.9. The summed E-state index contributed by atoms with van der Waals surface area (Å²) in [6.45, 7) is 10.8. The van der Waals surface area contributed by atoms with E-state index >= 15 is 0 Å². The van der Waals surface area contributed by atoms with Crippen LogP contribution in [0.15, 0.2) is 48.7 Å². The lowest BCUT2D eigenvalue weighted by molar-refractivity contribution is -0.137. The Bertz CT molecular complexity index is 1450. The molecule has 2 saturated heterocycles. The predicted molar refractivity (Wildman–Crippen MR) is 154 cm³/mol. The minimum Gasteiger partial charge on any atom is -0.376 e. The fourth-order valence-electron chi connectivity index (χ4n) is 7.26. The summed E-state index contributed by atoms with van der Waals surface area (Å²) in [6.07, 6.45) is -0.710. The van der Waals surface area contributed by atoms with Gasteiger partial charge in [0.25, 0.3) is 5.91 Å². The first-order chi connectivity index (χ1) is 20.1. The highest BCUT2D eigenvalue weighted by atomic mass is 19.4. The number of alkyl halides is 3. The van der Waals surface area contributed by atoms with E-state index in [2.05, 4.69) is 33.8 Å². The maximum absolute atomic E-state index is 13.5. The lowest BCUT2D eigenvalue weighted by atomic mass is 9.86. The topological polar surface area (TPSA) is 61.8 Å². The van der Waals surface area contributed by atoms with Crippen LogP contribution in [0, 0.1) is 0 Å². The Balaban J connectivity index is 1.13. The highest BCUT2D eigenvalue weighted by Crippen LogP contribution is 2.43. The Hall–Kier alpha value is -3.08. The van der Waals surface area contributed by atoms with Gasteiger partial charge in [0.2, 0.25) is 0 Å². The second-order valence-electron chi connectivity index (χ2n) is 12.2. The number of likely N-dealkylation sites (tertiary alicyclic amines) is 1. The van der Waals surface area contributed by atoms with Crippen LogP contribution in [0.25, 0.3) is 10.9 Å². The fourth-order valence-corrected chi connectivity index (χ4v) is 7.26. The van der Waals surface area contributed by atoms with Crippen LogP contribution in [0.2, 0.25) is 0 Å². The van der Waals surface area contributed by atoms with Gasteiger partial charge in [0.15, 0.2) is 0 Å². The van der Waals surface area contributed by atoms with E-state index in [-0.39, 0.29) is 29.6 Å². The van der Waals surface area contributed by atoms with Crippen LogP contribution in [-0.4, -0.2) is 87.8 Å². The summed E-state index contributed by atoms with van der Waals surface area (Å²) in [5.74, 6) is -0.00289. The van der Waals surface area contributed by atoms with Crippen molar-refractivity contribution in [2.24, 2.45) is 0 Å². The van der Waals surface area contributed by atoms with Gasteiger partial charge < -0.3 is 9.64 Å². The summed E-state index contributed by atoms with van der Waals surface area (Å²) < 4.78 is 46.3. The Morgan fingerprint density at radius 3 is 2.57 bits per heavy atom. The molecule has 2 aromatic carbocycles. The third kappa shape index (κ3) is 5.29. The molecule has 6 rings (SSSR count). The molecule has 1 amide bonds. The Kier molecular flexibility index (Phi) is 7.74. The molecule has 2 unspecified atom stereocenters. The number of piperazine rings is 1. The van der Waals surface area contributed by atoms with E-state index in [4.69, 9.17) is 4.74 Å². The fraction of sp³-hybridized carbons (Fsp3) is 0.531. The SMILES string of the molecule is CCOC1Cc2cc(C(F)(F)F)ccc2[C@H]1N1CCN(C2(C)CCN(C(=O)c3cnnc4ccccc34)CC2)CC1C. The number of hydrogen-bond donors (Lipinski definition) is 0. The molecule has 2 aliphatic heterocycles.